The van der Waals surface area contributed by atoms with E-state index in [0.29, 0.717) is 0 Å². The highest BCUT2D eigenvalue weighted by Gasteiger charge is 2.01. The number of ether oxygens (including phenoxy) is 1. The smallest absolute Gasteiger partial charge is 0.128 e. The zero-order valence-electron chi connectivity index (χ0n) is 8.95. The Balaban J connectivity index is 3.02. The molecule has 0 aliphatic heterocycles. The van der Waals surface area contributed by atoms with Gasteiger partial charge in [0.2, 0.25) is 0 Å². The molecule has 0 saturated heterocycles. The normalized spacial score (nSPS) is 13.1. The van der Waals surface area contributed by atoms with Crippen molar-refractivity contribution < 1.29 is 4.74 Å². The molecule has 0 amide bonds. The molecule has 1 unspecified atom stereocenters. The van der Waals surface area contributed by atoms with E-state index in [1.807, 2.05) is 44.2 Å². The number of benzene rings is 1. The van der Waals surface area contributed by atoms with Crippen molar-refractivity contribution in [2.75, 3.05) is 7.11 Å². The van der Waals surface area contributed by atoms with Crippen LogP contribution in [0.2, 0.25) is 0 Å². The first-order chi connectivity index (χ1) is 6.65. The van der Waals surface area contributed by atoms with Gasteiger partial charge in [-0.05, 0) is 19.4 Å². The van der Waals surface area contributed by atoms with Crippen LogP contribution in [0.4, 0.5) is 0 Å². The Labute approximate surface area is 85.4 Å². The molecule has 0 aromatic heterocycles. The average Bonchev–Trinajstić information content (AvgIpc) is 2.14. The molecule has 0 saturated carbocycles. The molecule has 0 fully saturated rings. The molecular formula is C12H17NO. The third-order valence-electron chi connectivity index (χ3n) is 2.03. The number of hydrogen-bond acceptors (Lipinski definition) is 2. The van der Waals surface area contributed by atoms with Gasteiger partial charge < -0.3 is 10.5 Å². The van der Waals surface area contributed by atoms with Crippen LogP contribution in [-0.2, 0) is 0 Å². The monoisotopic (exact) mass is 191 g/mol. The van der Waals surface area contributed by atoms with Crippen LogP contribution in [0.1, 0.15) is 18.1 Å². The van der Waals surface area contributed by atoms with E-state index in [0.717, 1.165) is 16.9 Å². The zero-order chi connectivity index (χ0) is 10.6. The Bertz CT molecular complexity index is 329. The Hall–Kier alpha value is -1.28. The molecule has 0 radical (unpaired) electrons. The van der Waals surface area contributed by atoms with Gasteiger partial charge in [0, 0.05) is 11.6 Å². The van der Waals surface area contributed by atoms with Crippen LogP contribution in [0.25, 0.3) is 6.08 Å². The lowest BCUT2D eigenvalue weighted by atomic mass is 10.1. The summed E-state index contributed by atoms with van der Waals surface area (Å²) in [4.78, 5) is 0. The van der Waals surface area contributed by atoms with E-state index in [1.54, 1.807) is 7.11 Å². The summed E-state index contributed by atoms with van der Waals surface area (Å²) in [7, 11) is 1.69. The number of para-hydroxylation sites is 1. The molecule has 14 heavy (non-hydrogen) atoms. The third-order valence-corrected chi connectivity index (χ3v) is 2.03. The Morgan fingerprint density at radius 3 is 2.71 bits per heavy atom. The van der Waals surface area contributed by atoms with Crippen molar-refractivity contribution in [1.29, 1.82) is 0 Å². The summed E-state index contributed by atoms with van der Waals surface area (Å²) in [5.41, 5.74) is 7.85. The van der Waals surface area contributed by atoms with Crippen molar-refractivity contribution in [2.45, 2.75) is 19.9 Å². The average molecular weight is 191 g/mol. The summed E-state index contributed by atoms with van der Waals surface area (Å²) >= 11 is 0. The van der Waals surface area contributed by atoms with Crippen molar-refractivity contribution in [3.8, 4) is 5.75 Å². The number of aryl methyl sites for hydroxylation is 1. The van der Waals surface area contributed by atoms with Gasteiger partial charge in [0.25, 0.3) is 0 Å². The lowest BCUT2D eigenvalue weighted by Crippen LogP contribution is -2.09. The topological polar surface area (TPSA) is 35.2 Å². The highest BCUT2D eigenvalue weighted by Crippen LogP contribution is 2.23. The minimum Gasteiger partial charge on any atom is -0.496 e. The molecule has 2 N–H and O–H groups in total. The Morgan fingerprint density at radius 2 is 2.14 bits per heavy atom. The summed E-state index contributed by atoms with van der Waals surface area (Å²) in [6, 6.07) is 6.13. The van der Waals surface area contributed by atoms with Crippen molar-refractivity contribution in [3.05, 3.63) is 35.4 Å². The van der Waals surface area contributed by atoms with E-state index in [2.05, 4.69) is 0 Å². The molecule has 0 spiro atoms. The van der Waals surface area contributed by atoms with Crippen molar-refractivity contribution >= 4 is 6.08 Å². The van der Waals surface area contributed by atoms with Crippen LogP contribution >= 0.6 is 0 Å². The summed E-state index contributed by atoms with van der Waals surface area (Å²) in [5, 5.41) is 0. The Morgan fingerprint density at radius 1 is 1.43 bits per heavy atom. The first-order valence-electron chi connectivity index (χ1n) is 4.72. The van der Waals surface area contributed by atoms with E-state index in [1.165, 1.54) is 0 Å². The maximum absolute atomic E-state index is 5.64. The molecule has 0 bridgehead atoms. The summed E-state index contributed by atoms with van der Waals surface area (Å²) in [6.07, 6.45) is 3.95. The summed E-state index contributed by atoms with van der Waals surface area (Å²) in [6.45, 7) is 3.97. The molecule has 0 aliphatic rings. The van der Waals surface area contributed by atoms with E-state index in [9.17, 15) is 0 Å². The first kappa shape index (κ1) is 10.8. The van der Waals surface area contributed by atoms with E-state index in [-0.39, 0.29) is 6.04 Å². The van der Waals surface area contributed by atoms with Gasteiger partial charge in [-0.1, -0.05) is 30.4 Å². The molecule has 2 heteroatoms. The highest BCUT2D eigenvalue weighted by molar-refractivity contribution is 5.60. The molecule has 0 aliphatic carbocycles. The standard InChI is InChI=1S/C12H17NO/c1-9-5-4-6-11(12(9)14-3)8-7-10(2)13/h4-8,10H,13H2,1-3H3/b8-7+. The maximum Gasteiger partial charge on any atom is 0.128 e. The molecule has 2 nitrogen and oxygen atoms in total. The minimum absolute atomic E-state index is 0.0696. The molecule has 1 aromatic carbocycles. The second-order valence-corrected chi connectivity index (χ2v) is 3.42. The van der Waals surface area contributed by atoms with Crippen molar-refractivity contribution in [1.82, 2.24) is 0 Å². The fraction of sp³-hybridized carbons (Fsp3) is 0.333. The molecule has 76 valence electrons. The van der Waals surface area contributed by atoms with Gasteiger partial charge in [0.05, 0.1) is 7.11 Å². The molecule has 0 heterocycles. The van der Waals surface area contributed by atoms with Crippen molar-refractivity contribution in [2.24, 2.45) is 5.73 Å². The lowest BCUT2D eigenvalue weighted by Gasteiger charge is -2.08. The zero-order valence-corrected chi connectivity index (χ0v) is 8.95. The quantitative estimate of drug-likeness (QED) is 0.796. The van der Waals surface area contributed by atoms with Gasteiger partial charge >= 0.3 is 0 Å². The maximum atomic E-state index is 5.64. The number of rotatable bonds is 3. The largest absolute Gasteiger partial charge is 0.496 e. The van der Waals surface area contributed by atoms with Gasteiger partial charge in [-0.25, -0.2) is 0 Å². The molecule has 1 atom stereocenters. The van der Waals surface area contributed by atoms with E-state index in [4.69, 9.17) is 10.5 Å². The van der Waals surface area contributed by atoms with Gasteiger partial charge in [0.1, 0.15) is 5.75 Å². The number of hydrogen-bond donors (Lipinski definition) is 1. The Kier molecular flexibility index (Phi) is 3.72. The fourth-order valence-corrected chi connectivity index (χ4v) is 1.34. The van der Waals surface area contributed by atoms with Crippen LogP contribution in [0.3, 0.4) is 0 Å². The van der Waals surface area contributed by atoms with Crippen molar-refractivity contribution in [3.63, 3.8) is 0 Å². The van der Waals surface area contributed by atoms with Crippen LogP contribution < -0.4 is 10.5 Å². The third kappa shape index (κ3) is 2.60. The summed E-state index contributed by atoms with van der Waals surface area (Å²) < 4.78 is 5.32. The van der Waals surface area contributed by atoms with Gasteiger partial charge in [-0.2, -0.15) is 0 Å². The first-order valence-corrected chi connectivity index (χ1v) is 4.72. The highest BCUT2D eigenvalue weighted by atomic mass is 16.5. The second-order valence-electron chi connectivity index (χ2n) is 3.42. The van der Waals surface area contributed by atoms with Gasteiger partial charge in [-0.15, -0.1) is 0 Å². The second kappa shape index (κ2) is 4.82. The lowest BCUT2D eigenvalue weighted by molar-refractivity contribution is 0.410. The molecule has 1 aromatic rings. The van der Waals surface area contributed by atoms with E-state index >= 15 is 0 Å². The van der Waals surface area contributed by atoms with Gasteiger partial charge in [-0.3, -0.25) is 0 Å². The fourth-order valence-electron chi connectivity index (χ4n) is 1.34. The predicted octanol–water partition coefficient (Wildman–Crippen LogP) is 2.36. The van der Waals surface area contributed by atoms with Crippen LogP contribution in [0.5, 0.6) is 5.75 Å². The SMILES string of the molecule is COc1c(C)cccc1/C=C/C(C)N. The van der Waals surface area contributed by atoms with E-state index < -0.39 is 0 Å². The predicted molar refractivity (Wildman–Crippen MR) is 60.4 cm³/mol. The minimum atomic E-state index is 0.0696. The van der Waals surface area contributed by atoms with Crippen LogP contribution in [0.15, 0.2) is 24.3 Å². The number of nitrogens with two attached hydrogens (primary N) is 1. The molecular weight excluding hydrogens is 174 g/mol. The number of methoxy groups -OCH3 is 1. The van der Waals surface area contributed by atoms with Crippen LogP contribution in [0, 0.1) is 6.92 Å². The summed E-state index contributed by atoms with van der Waals surface area (Å²) in [5.74, 6) is 0.921. The molecule has 1 rings (SSSR count). The van der Waals surface area contributed by atoms with Crippen LogP contribution in [-0.4, -0.2) is 13.2 Å². The van der Waals surface area contributed by atoms with Gasteiger partial charge in [0.15, 0.2) is 0 Å².